The third-order valence-corrected chi connectivity index (χ3v) is 2.25. The van der Waals surface area contributed by atoms with Crippen LogP contribution >= 0.6 is 0 Å². The number of methoxy groups -OCH3 is 1. The van der Waals surface area contributed by atoms with Gasteiger partial charge in [0.05, 0.1) is 7.11 Å². The topological polar surface area (TPSA) is 64.6 Å². The van der Waals surface area contributed by atoms with Crippen LogP contribution in [-0.4, -0.2) is 32.2 Å². The van der Waals surface area contributed by atoms with E-state index < -0.39 is 11.9 Å². The highest BCUT2D eigenvalue weighted by molar-refractivity contribution is 5.91. The standard InChI is InChI=1S/C14H17NO4/c1-18-13(16)7-8-14(17)19-10-9-15-11-12-5-3-2-4-6-12/h2-8,15H,9-11H2,1H3/b8-7+. The van der Waals surface area contributed by atoms with Crippen LogP contribution in [0, 0.1) is 0 Å². The van der Waals surface area contributed by atoms with E-state index in [4.69, 9.17) is 4.74 Å². The Morgan fingerprint density at radius 2 is 1.84 bits per heavy atom. The van der Waals surface area contributed by atoms with E-state index >= 15 is 0 Å². The maximum absolute atomic E-state index is 11.2. The summed E-state index contributed by atoms with van der Waals surface area (Å²) in [6.45, 7) is 1.51. The third kappa shape index (κ3) is 7.00. The molecule has 0 amide bonds. The minimum Gasteiger partial charge on any atom is -0.466 e. The number of esters is 2. The van der Waals surface area contributed by atoms with Gasteiger partial charge in [0.1, 0.15) is 6.61 Å². The first-order valence-electron chi connectivity index (χ1n) is 5.90. The second kappa shape index (κ2) is 8.88. The van der Waals surface area contributed by atoms with Gasteiger partial charge in [-0.15, -0.1) is 0 Å². The Kier molecular flexibility index (Phi) is 6.97. The fourth-order valence-corrected chi connectivity index (χ4v) is 1.30. The van der Waals surface area contributed by atoms with Crippen molar-refractivity contribution in [2.45, 2.75) is 6.54 Å². The number of carbonyl (C=O) groups excluding carboxylic acids is 2. The Morgan fingerprint density at radius 3 is 2.53 bits per heavy atom. The average molecular weight is 263 g/mol. The Balaban J connectivity index is 2.09. The molecule has 1 aromatic carbocycles. The molecule has 1 rings (SSSR count). The minimum absolute atomic E-state index is 0.247. The zero-order valence-corrected chi connectivity index (χ0v) is 10.8. The van der Waals surface area contributed by atoms with Gasteiger partial charge in [0.25, 0.3) is 0 Å². The van der Waals surface area contributed by atoms with Gasteiger partial charge in [-0.3, -0.25) is 0 Å². The van der Waals surface area contributed by atoms with Crippen molar-refractivity contribution in [2.24, 2.45) is 0 Å². The SMILES string of the molecule is COC(=O)/C=C/C(=O)OCCNCc1ccccc1. The molecule has 1 aromatic rings. The average Bonchev–Trinajstić information content (AvgIpc) is 2.45. The summed E-state index contributed by atoms with van der Waals surface area (Å²) < 4.78 is 9.23. The molecule has 0 aliphatic heterocycles. The van der Waals surface area contributed by atoms with Crippen molar-refractivity contribution in [3.8, 4) is 0 Å². The summed E-state index contributed by atoms with van der Waals surface area (Å²) in [7, 11) is 1.24. The molecule has 5 nitrogen and oxygen atoms in total. The summed E-state index contributed by atoms with van der Waals surface area (Å²) in [5.74, 6) is -1.15. The monoisotopic (exact) mass is 263 g/mol. The van der Waals surface area contributed by atoms with E-state index in [-0.39, 0.29) is 6.61 Å². The van der Waals surface area contributed by atoms with Crippen LogP contribution in [0.4, 0.5) is 0 Å². The molecule has 0 heterocycles. The van der Waals surface area contributed by atoms with Gasteiger partial charge in [-0.05, 0) is 5.56 Å². The molecule has 0 spiro atoms. The molecule has 0 aliphatic carbocycles. The second-order valence-electron chi connectivity index (χ2n) is 3.69. The third-order valence-electron chi connectivity index (χ3n) is 2.25. The van der Waals surface area contributed by atoms with Crippen LogP contribution in [0.25, 0.3) is 0 Å². The van der Waals surface area contributed by atoms with Gasteiger partial charge in [0.2, 0.25) is 0 Å². The highest BCUT2D eigenvalue weighted by Crippen LogP contribution is 1.96. The van der Waals surface area contributed by atoms with Crippen molar-refractivity contribution in [1.82, 2.24) is 5.32 Å². The molecule has 0 saturated heterocycles. The number of hydrogen-bond acceptors (Lipinski definition) is 5. The first-order chi connectivity index (χ1) is 9.22. The molecule has 1 N–H and O–H groups in total. The lowest BCUT2D eigenvalue weighted by atomic mass is 10.2. The van der Waals surface area contributed by atoms with Gasteiger partial charge < -0.3 is 14.8 Å². The maximum atomic E-state index is 11.2. The van der Waals surface area contributed by atoms with E-state index in [0.29, 0.717) is 6.54 Å². The van der Waals surface area contributed by atoms with Crippen molar-refractivity contribution in [3.05, 3.63) is 48.0 Å². The Morgan fingerprint density at radius 1 is 1.16 bits per heavy atom. The molecule has 0 fully saturated rings. The van der Waals surface area contributed by atoms with Crippen molar-refractivity contribution < 1.29 is 19.1 Å². The molecule has 0 aromatic heterocycles. The number of nitrogens with one attached hydrogen (secondary N) is 1. The van der Waals surface area contributed by atoms with Crippen LogP contribution in [0.15, 0.2) is 42.5 Å². The molecule has 0 atom stereocenters. The quantitative estimate of drug-likeness (QED) is 0.452. The first-order valence-corrected chi connectivity index (χ1v) is 5.90. The van der Waals surface area contributed by atoms with Gasteiger partial charge in [-0.1, -0.05) is 30.3 Å². The summed E-state index contributed by atoms with van der Waals surface area (Å²) >= 11 is 0. The summed E-state index contributed by atoms with van der Waals surface area (Å²) in [6, 6.07) is 9.92. The van der Waals surface area contributed by atoms with Crippen LogP contribution in [0.3, 0.4) is 0 Å². The van der Waals surface area contributed by atoms with E-state index in [0.717, 1.165) is 18.7 Å². The van der Waals surface area contributed by atoms with Crippen LogP contribution < -0.4 is 5.32 Å². The number of ether oxygens (including phenoxy) is 2. The van der Waals surface area contributed by atoms with Gasteiger partial charge in [0, 0.05) is 25.2 Å². The highest BCUT2D eigenvalue weighted by atomic mass is 16.5. The van der Waals surface area contributed by atoms with Gasteiger partial charge in [-0.2, -0.15) is 0 Å². The predicted molar refractivity (Wildman–Crippen MR) is 70.3 cm³/mol. The summed E-state index contributed by atoms with van der Waals surface area (Å²) in [4.78, 5) is 21.9. The van der Waals surface area contributed by atoms with E-state index in [1.54, 1.807) is 0 Å². The Labute approximate surface area is 112 Å². The van der Waals surface area contributed by atoms with E-state index in [1.165, 1.54) is 12.7 Å². The molecule has 102 valence electrons. The summed E-state index contributed by atoms with van der Waals surface area (Å²) in [5.41, 5.74) is 1.17. The van der Waals surface area contributed by atoms with Crippen molar-refractivity contribution in [3.63, 3.8) is 0 Å². The molecule has 0 saturated carbocycles. The normalized spacial score (nSPS) is 10.4. The zero-order valence-electron chi connectivity index (χ0n) is 10.8. The fraction of sp³-hybridized carbons (Fsp3) is 0.286. The largest absolute Gasteiger partial charge is 0.466 e. The summed E-state index contributed by atoms with van der Waals surface area (Å²) in [5, 5.41) is 3.14. The molecule has 0 bridgehead atoms. The lowest BCUT2D eigenvalue weighted by molar-refractivity contribution is -0.139. The predicted octanol–water partition coefficient (Wildman–Crippen LogP) is 1.05. The molecule has 0 radical (unpaired) electrons. The molecule has 0 aliphatic rings. The van der Waals surface area contributed by atoms with Crippen molar-refractivity contribution in [2.75, 3.05) is 20.3 Å². The first kappa shape index (κ1) is 14.9. The second-order valence-corrected chi connectivity index (χ2v) is 3.69. The minimum atomic E-state index is -0.584. The number of hydrogen-bond donors (Lipinski definition) is 1. The fourth-order valence-electron chi connectivity index (χ4n) is 1.30. The maximum Gasteiger partial charge on any atom is 0.331 e. The van der Waals surface area contributed by atoms with Gasteiger partial charge in [-0.25, -0.2) is 9.59 Å². The van der Waals surface area contributed by atoms with Crippen LogP contribution in [0.2, 0.25) is 0 Å². The van der Waals surface area contributed by atoms with Crippen molar-refractivity contribution in [1.29, 1.82) is 0 Å². The molecule has 19 heavy (non-hydrogen) atoms. The lowest BCUT2D eigenvalue weighted by Crippen LogP contribution is -2.20. The molecule has 0 unspecified atom stereocenters. The van der Waals surface area contributed by atoms with E-state index in [9.17, 15) is 9.59 Å². The van der Waals surface area contributed by atoms with Gasteiger partial charge in [0.15, 0.2) is 0 Å². The highest BCUT2D eigenvalue weighted by Gasteiger charge is 1.99. The van der Waals surface area contributed by atoms with Crippen molar-refractivity contribution >= 4 is 11.9 Å². The van der Waals surface area contributed by atoms with Gasteiger partial charge >= 0.3 is 11.9 Å². The Bertz CT molecular complexity index is 428. The number of carbonyl (C=O) groups is 2. The van der Waals surface area contributed by atoms with E-state index in [1.807, 2.05) is 30.3 Å². The smallest absolute Gasteiger partial charge is 0.331 e. The van der Waals surface area contributed by atoms with Crippen LogP contribution in [0.5, 0.6) is 0 Å². The zero-order chi connectivity index (χ0) is 13.9. The Hall–Kier alpha value is -2.14. The van der Waals surface area contributed by atoms with Crippen LogP contribution in [0.1, 0.15) is 5.56 Å². The molecule has 5 heteroatoms. The molecular formula is C14H17NO4. The van der Waals surface area contributed by atoms with Crippen LogP contribution in [-0.2, 0) is 25.6 Å². The lowest BCUT2D eigenvalue weighted by Gasteiger charge is -2.05. The number of rotatable bonds is 7. The number of benzene rings is 1. The molecular weight excluding hydrogens is 246 g/mol. The van der Waals surface area contributed by atoms with E-state index in [2.05, 4.69) is 10.1 Å². The summed E-state index contributed by atoms with van der Waals surface area (Å²) in [6.07, 6.45) is 2.07.